The lowest BCUT2D eigenvalue weighted by atomic mass is 10.0. The molecule has 0 aliphatic carbocycles. The van der Waals surface area contributed by atoms with Crippen molar-refractivity contribution in [1.82, 2.24) is 14.8 Å². The smallest absolute Gasteiger partial charge is 0.275 e. The van der Waals surface area contributed by atoms with Gasteiger partial charge < -0.3 is 19.9 Å². The lowest BCUT2D eigenvalue weighted by Gasteiger charge is -2.37. The Morgan fingerprint density at radius 1 is 1.32 bits per heavy atom. The molecule has 1 fully saturated rings. The predicted molar refractivity (Wildman–Crippen MR) is 111 cm³/mol. The van der Waals surface area contributed by atoms with E-state index >= 15 is 0 Å². The van der Waals surface area contributed by atoms with E-state index in [1.54, 1.807) is 16.7 Å². The third kappa shape index (κ3) is 3.69. The molecule has 1 aromatic carbocycles. The number of halogens is 2. The van der Waals surface area contributed by atoms with Crippen molar-refractivity contribution < 1.29 is 23.5 Å². The van der Waals surface area contributed by atoms with Gasteiger partial charge in [0, 0.05) is 36.2 Å². The number of carbonyl (C=O) groups is 2. The third-order valence-corrected chi connectivity index (χ3v) is 6.94. The molecule has 0 radical (unpaired) electrons. The van der Waals surface area contributed by atoms with Gasteiger partial charge in [-0.25, -0.2) is 8.78 Å². The summed E-state index contributed by atoms with van der Waals surface area (Å²) in [6, 6.07) is 2.95. The van der Waals surface area contributed by atoms with Gasteiger partial charge >= 0.3 is 0 Å². The number of hydrogen-bond donors (Lipinski definition) is 2. The molecule has 2 atom stereocenters. The van der Waals surface area contributed by atoms with E-state index in [1.165, 1.54) is 16.8 Å². The maximum Gasteiger partial charge on any atom is 0.275 e. The van der Waals surface area contributed by atoms with E-state index in [0.717, 1.165) is 11.8 Å². The molecule has 2 unspecified atom stereocenters. The molecule has 2 aromatic rings. The minimum Gasteiger partial charge on any atom is -0.503 e. The Morgan fingerprint density at radius 2 is 2.06 bits per heavy atom. The number of nitrogens with zero attached hydrogens (tertiary/aromatic N) is 2. The van der Waals surface area contributed by atoms with Gasteiger partial charge in [-0.1, -0.05) is 19.9 Å². The van der Waals surface area contributed by atoms with Crippen molar-refractivity contribution in [2.24, 2.45) is 5.92 Å². The van der Waals surface area contributed by atoms with Crippen molar-refractivity contribution in [2.45, 2.75) is 38.4 Å². The summed E-state index contributed by atoms with van der Waals surface area (Å²) in [7, 11) is 0. The number of amides is 2. The Labute approximate surface area is 181 Å². The number of benzene rings is 1. The highest BCUT2D eigenvalue weighted by molar-refractivity contribution is 8.00. The van der Waals surface area contributed by atoms with Gasteiger partial charge in [0.1, 0.15) is 17.2 Å². The molecule has 31 heavy (non-hydrogen) atoms. The van der Waals surface area contributed by atoms with Crippen LogP contribution >= 0.6 is 11.8 Å². The van der Waals surface area contributed by atoms with Gasteiger partial charge in [0.25, 0.3) is 11.8 Å². The number of nitrogens with one attached hydrogen (secondary N) is 1. The molecular weight excluding hydrogens is 428 g/mol. The van der Waals surface area contributed by atoms with E-state index in [-0.39, 0.29) is 40.7 Å². The highest BCUT2D eigenvalue weighted by atomic mass is 32.2. The van der Waals surface area contributed by atoms with E-state index in [0.29, 0.717) is 12.6 Å². The normalized spacial score (nSPS) is 20.0. The summed E-state index contributed by atoms with van der Waals surface area (Å²) in [5, 5.41) is 12.7. The average Bonchev–Trinajstić information content (AvgIpc) is 3.14. The van der Waals surface area contributed by atoms with Crippen LogP contribution in [0.25, 0.3) is 0 Å². The summed E-state index contributed by atoms with van der Waals surface area (Å²) in [5.74, 6) is -2.63. The van der Waals surface area contributed by atoms with Crippen LogP contribution in [0, 0.1) is 17.6 Å². The lowest BCUT2D eigenvalue weighted by Crippen LogP contribution is -2.50. The van der Waals surface area contributed by atoms with Gasteiger partial charge in [-0.15, -0.1) is 11.8 Å². The summed E-state index contributed by atoms with van der Waals surface area (Å²) in [6.07, 6.45) is 1.26. The molecule has 4 rings (SSSR count). The monoisotopic (exact) mass is 449 g/mol. The maximum absolute atomic E-state index is 13.8. The third-order valence-electron chi connectivity index (χ3n) is 5.64. The molecule has 2 N–H and O–H groups in total. The Bertz CT molecular complexity index is 1130. The van der Waals surface area contributed by atoms with Crippen LogP contribution in [0.3, 0.4) is 0 Å². The summed E-state index contributed by atoms with van der Waals surface area (Å²) >= 11 is 1.62. The summed E-state index contributed by atoms with van der Waals surface area (Å²) < 4.78 is 28.2. The van der Waals surface area contributed by atoms with Gasteiger partial charge in [-0.3, -0.25) is 14.4 Å². The Balaban J connectivity index is 1.62. The fraction of sp³-hybridized carbons (Fsp3) is 0.381. The number of hydrogen-bond acceptors (Lipinski definition) is 5. The van der Waals surface area contributed by atoms with Gasteiger partial charge in [-0.05, 0) is 12.0 Å². The van der Waals surface area contributed by atoms with Gasteiger partial charge in [0.05, 0.1) is 11.9 Å². The topological polar surface area (TPSA) is 91.6 Å². The van der Waals surface area contributed by atoms with E-state index < -0.39 is 34.6 Å². The van der Waals surface area contributed by atoms with Crippen LogP contribution in [-0.2, 0) is 13.1 Å². The van der Waals surface area contributed by atoms with Crippen LogP contribution in [-0.4, -0.2) is 43.6 Å². The number of pyridine rings is 1. The van der Waals surface area contributed by atoms with Gasteiger partial charge in [-0.2, -0.15) is 0 Å². The minimum absolute atomic E-state index is 0.000618. The second-order valence-electron chi connectivity index (χ2n) is 7.95. The van der Waals surface area contributed by atoms with Crippen molar-refractivity contribution >= 4 is 23.6 Å². The van der Waals surface area contributed by atoms with Crippen LogP contribution < -0.4 is 10.7 Å². The number of fused-ring (bicyclic) bond motifs is 2. The van der Waals surface area contributed by atoms with Crippen LogP contribution in [0.5, 0.6) is 5.75 Å². The van der Waals surface area contributed by atoms with E-state index in [2.05, 4.69) is 5.32 Å². The summed E-state index contributed by atoms with van der Waals surface area (Å²) in [6.45, 7) is 4.09. The van der Waals surface area contributed by atoms with Crippen LogP contribution in [0.15, 0.2) is 29.2 Å². The second kappa shape index (κ2) is 7.99. The standard InChI is InChI=1S/C21H21F2N3O4S/c1-10(2)15-9-31-16-8-25-7-13(18(27)19(28)17(25)21(30)26(15)16)20(29)24-6-11-3-4-12(22)5-14(11)23/h3-5,7,10,15-16,28H,6,8-9H2,1-2H3,(H,24,29). The zero-order valence-corrected chi connectivity index (χ0v) is 17.7. The average molecular weight is 449 g/mol. The first kappa shape index (κ1) is 21.4. The molecule has 2 amide bonds. The Hall–Kier alpha value is -2.88. The largest absolute Gasteiger partial charge is 0.503 e. The molecule has 0 saturated carbocycles. The van der Waals surface area contributed by atoms with Crippen LogP contribution in [0.4, 0.5) is 8.78 Å². The van der Waals surface area contributed by atoms with Crippen molar-refractivity contribution in [2.75, 3.05) is 5.75 Å². The maximum atomic E-state index is 13.8. The molecule has 2 aliphatic rings. The Kier molecular flexibility index (Phi) is 5.50. The highest BCUT2D eigenvalue weighted by Gasteiger charge is 2.45. The van der Waals surface area contributed by atoms with E-state index in [9.17, 15) is 28.3 Å². The highest BCUT2D eigenvalue weighted by Crippen LogP contribution is 2.38. The number of thioether (sulfide) groups is 1. The van der Waals surface area contributed by atoms with Crippen molar-refractivity contribution in [3.8, 4) is 5.75 Å². The quantitative estimate of drug-likeness (QED) is 0.748. The van der Waals surface area contributed by atoms with E-state index in [4.69, 9.17) is 0 Å². The van der Waals surface area contributed by atoms with E-state index in [1.807, 2.05) is 13.8 Å². The first-order chi connectivity index (χ1) is 14.7. The number of aromatic hydroxyl groups is 1. The first-order valence-electron chi connectivity index (χ1n) is 9.81. The lowest BCUT2D eigenvalue weighted by molar-refractivity contribution is 0.0574. The van der Waals surface area contributed by atoms with Crippen molar-refractivity contribution in [1.29, 1.82) is 0 Å². The molecule has 10 heteroatoms. The second-order valence-corrected chi connectivity index (χ2v) is 9.16. The first-order valence-corrected chi connectivity index (χ1v) is 10.9. The minimum atomic E-state index is -0.969. The molecule has 1 saturated heterocycles. The zero-order valence-electron chi connectivity index (χ0n) is 16.9. The number of carbonyl (C=O) groups excluding carboxylic acids is 2. The molecule has 3 heterocycles. The number of aromatic nitrogens is 1. The number of rotatable bonds is 4. The van der Waals surface area contributed by atoms with Crippen LogP contribution in [0.2, 0.25) is 0 Å². The van der Waals surface area contributed by atoms with Crippen molar-refractivity contribution in [3.63, 3.8) is 0 Å². The molecule has 164 valence electrons. The van der Waals surface area contributed by atoms with Crippen molar-refractivity contribution in [3.05, 3.63) is 63.1 Å². The van der Waals surface area contributed by atoms with Gasteiger partial charge in [0.15, 0.2) is 11.4 Å². The summed E-state index contributed by atoms with van der Waals surface area (Å²) in [5.41, 5.74) is -1.41. The molecule has 1 aromatic heterocycles. The fourth-order valence-electron chi connectivity index (χ4n) is 3.93. The summed E-state index contributed by atoms with van der Waals surface area (Å²) in [4.78, 5) is 40.0. The van der Waals surface area contributed by atoms with Crippen LogP contribution in [0.1, 0.15) is 40.3 Å². The molecule has 7 nitrogen and oxygen atoms in total. The van der Waals surface area contributed by atoms with Gasteiger partial charge in [0.2, 0.25) is 5.43 Å². The molecular formula is C21H21F2N3O4S. The zero-order chi connectivity index (χ0) is 22.4. The predicted octanol–water partition coefficient (Wildman–Crippen LogP) is 2.32. The molecule has 2 aliphatic heterocycles. The molecule has 0 spiro atoms. The SMILES string of the molecule is CC(C)C1CSC2Cn3cc(C(=O)NCc4ccc(F)cc4F)c(=O)c(O)c3C(=O)N21. The molecule has 0 bridgehead atoms. The Morgan fingerprint density at radius 3 is 2.74 bits per heavy atom. The fourth-order valence-corrected chi connectivity index (χ4v) is 5.57.